The Morgan fingerprint density at radius 3 is 2.60 bits per heavy atom. The molecule has 2 fully saturated rings. The number of hydrogen-bond acceptors (Lipinski definition) is 3. The number of nitrogens with one attached hydrogen (secondary N) is 2. The Hall–Kier alpha value is -0.610. The average molecular weight is 281 g/mol. The minimum Gasteiger partial charge on any atom is -0.355 e. The minimum absolute atomic E-state index is 0.229. The molecule has 0 aromatic carbocycles. The Morgan fingerprint density at radius 2 is 1.90 bits per heavy atom. The van der Waals surface area contributed by atoms with Gasteiger partial charge in [0.1, 0.15) is 0 Å². The first-order valence-electron chi connectivity index (χ1n) is 8.57. The van der Waals surface area contributed by atoms with E-state index in [1.165, 1.54) is 58.0 Å². The van der Waals surface area contributed by atoms with Gasteiger partial charge in [-0.25, -0.2) is 0 Å². The number of likely N-dealkylation sites (tertiary alicyclic amines) is 1. The van der Waals surface area contributed by atoms with Crippen LogP contribution in [-0.2, 0) is 4.79 Å². The first kappa shape index (κ1) is 15.8. The number of nitrogens with zero attached hydrogens (tertiary/aromatic N) is 1. The first-order chi connectivity index (χ1) is 9.84. The molecule has 2 saturated heterocycles. The molecule has 0 aromatic rings. The lowest BCUT2D eigenvalue weighted by molar-refractivity contribution is -0.121. The second kappa shape index (κ2) is 9.35. The fourth-order valence-corrected chi connectivity index (χ4v) is 3.28. The van der Waals surface area contributed by atoms with Crippen molar-refractivity contribution in [2.75, 3.05) is 32.7 Å². The largest absolute Gasteiger partial charge is 0.355 e. The third-order valence-electron chi connectivity index (χ3n) is 4.58. The van der Waals surface area contributed by atoms with Crippen LogP contribution in [0, 0.1) is 0 Å². The van der Waals surface area contributed by atoms with Crippen molar-refractivity contribution >= 4 is 5.91 Å². The summed E-state index contributed by atoms with van der Waals surface area (Å²) in [5.41, 5.74) is 0. The maximum Gasteiger partial charge on any atom is 0.220 e. The molecule has 20 heavy (non-hydrogen) atoms. The maximum atomic E-state index is 11.8. The predicted octanol–water partition coefficient (Wildman–Crippen LogP) is 1.90. The molecular formula is C16H31N3O. The van der Waals surface area contributed by atoms with Crippen LogP contribution in [-0.4, -0.2) is 49.6 Å². The molecule has 1 unspecified atom stereocenters. The lowest BCUT2D eigenvalue weighted by Crippen LogP contribution is -2.37. The van der Waals surface area contributed by atoms with Crippen LogP contribution in [0.15, 0.2) is 0 Å². The Kier molecular flexibility index (Phi) is 7.37. The molecule has 1 amide bonds. The summed E-state index contributed by atoms with van der Waals surface area (Å²) < 4.78 is 0. The third-order valence-corrected chi connectivity index (χ3v) is 4.58. The molecule has 2 heterocycles. The van der Waals surface area contributed by atoms with E-state index in [4.69, 9.17) is 0 Å². The normalized spacial score (nSPS) is 25.1. The van der Waals surface area contributed by atoms with Gasteiger partial charge in [0, 0.05) is 25.6 Å². The lowest BCUT2D eigenvalue weighted by Gasteiger charge is -2.23. The Balaban J connectivity index is 1.50. The topological polar surface area (TPSA) is 44.4 Å². The van der Waals surface area contributed by atoms with Crippen molar-refractivity contribution in [2.24, 2.45) is 0 Å². The van der Waals surface area contributed by atoms with Gasteiger partial charge in [-0.2, -0.15) is 0 Å². The van der Waals surface area contributed by atoms with Crippen LogP contribution in [0.2, 0.25) is 0 Å². The highest BCUT2D eigenvalue weighted by Crippen LogP contribution is 2.11. The van der Waals surface area contributed by atoms with Gasteiger partial charge in [0.05, 0.1) is 0 Å². The number of carbonyl (C=O) groups excluding carboxylic acids is 1. The molecule has 0 radical (unpaired) electrons. The highest BCUT2D eigenvalue weighted by atomic mass is 16.1. The lowest BCUT2D eigenvalue weighted by atomic mass is 10.0. The summed E-state index contributed by atoms with van der Waals surface area (Å²) in [5.74, 6) is 0.229. The zero-order chi connectivity index (χ0) is 14.0. The molecule has 1 atom stereocenters. The van der Waals surface area contributed by atoms with Crippen molar-refractivity contribution in [1.29, 1.82) is 0 Å². The van der Waals surface area contributed by atoms with E-state index in [9.17, 15) is 4.79 Å². The number of hydrogen-bond donors (Lipinski definition) is 2. The van der Waals surface area contributed by atoms with Crippen LogP contribution in [0.25, 0.3) is 0 Å². The standard InChI is InChI=1S/C16H31N3O/c20-16(9-8-15-7-3-4-10-17-15)18-11-14-19-12-5-1-2-6-13-19/h15,17H,1-14H2,(H,18,20). The van der Waals surface area contributed by atoms with Gasteiger partial charge in [-0.1, -0.05) is 19.3 Å². The van der Waals surface area contributed by atoms with Crippen LogP contribution in [0.1, 0.15) is 57.8 Å². The quantitative estimate of drug-likeness (QED) is 0.781. The molecule has 0 aromatic heterocycles. The summed E-state index contributed by atoms with van der Waals surface area (Å²) in [6, 6.07) is 0.570. The molecule has 0 bridgehead atoms. The molecule has 2 aliphatic heterocycles. The maximum absolute atomic E-state index is 11.8. The van der Waals surface area contributed by atoms with Gasteiger partial charge in [-0.15, -0.1) is 0 Å². The van der Waals surface area contributed by atoms with Crippen molar-refractivity contribution < 1.29 is 4.79 Å². The fraction of sp³-hybridized carbons (Fsp3) is 0.938. The molecule has 0 aliphatic carbocycles. The minimum atomic E-state index is 0.229. The van der Waals surface area contributed by atoms with Crippen molar-refractivity contribution in [2.45, 2.75) is 63.8 Å². The van der Waals surface area contributed by atoms with E-state index < -0.39 is 0 Å². The summed E-state index contributed by atoms with van der Waals surface area (Å²) in [7, 11) is 0. The van der Waals surface area contributed by atoms with Gasteiger partial charge in [0.15, 0.2) is 0 Å². The van der Waals surface area contributed by atoms with E-state index >= 15 is 0 Å². The molecular weight excluding hydrogens is 250 g/mol. The SMILES string of the molecule is O=C(CCC1CCCCN1)NCCN1CCCCCC1. The molecule has 0 spiro atoms. The summed E-state index contributed by atoms with van der Waals surface area (Å²) in [4.78, 5) is 14.3. The third kappa shape index (κ3) is 6.23. The smallest absolute Gasteiger partial charge is 0.220 e. The van der Waals surface area contributed by atoms with Gasteiger partial charge in [0.2, 0.25) is 5.91 Å². The van der Waals surface area contributed by atoms with Gasteiger partial charge < -0.3 is 15.5 Å². The van der Waals surface area contributed by atoms with Crippen molar-refractivity contribution in [3.05, 3.63) is 0 Å². The summed E-state index contributed by atoms with van der Waals surface area (Å²) in [6.07, 6.45) is 10.9. The van der Waals surface area contributed by atoms with E-state index in [0.717, 1.165) is 26.1 Å². The number of rotatable bonds is 6. The van der Waals surface area contributed by atoms with Crippen molar-refractivity contribution in [3.63, 3.8) is 0 Å². The number of piperidine rings is 1. The average Bonchev–Trinajstić information content (AvgIpc) is 2.75. The molecule has 0 saturated carbocycles. The summed E-state index contributed by atoms with van der Waals surface area (Å²) >= 11 is 0. The molecule has 2 N–H and O–H groups in total. The molecule has 2 aliphatic rings. The Labute approximate surface area is 123 Å². The zero-order valence-electron chi connectivity index (χ0n) is 12.8. The number of amides is 1. The molecule has 4 heteroatoms. The summed E-state index contributed by atoms with van der Waals surface area (Å²) in [5, 5.41) is 6.58. The molecule has 116 valence electrons. The Morgan fingerprint density at radius 1 is 1.10 bits per heavy atom. The predicted molar refractivity (Wildman–Crippen MR) is 82.8 cm³/mol. The monoisotopic (exact) mass is 281 g/mol. The van der Waals surface area contributed by atoms with E-state index in [1.54, 1.807) is 0 Å². The van der Waals surface area contributed by atoms with E-state index in [2.05, 4.69) is 15.5 Å². The van der Waals surface area contributed by atoms with Crippen LogP contribution in [0.5, 0.6) is 0 Å². The van der Waals surface area contributed by atoms with E-state index in [0.29, 0.717) is 12.5 Å². The molecule has 2 rings (SSSR count). The van der Waals surface area contributed by atoms with Gasteiger partial charge >= 0.3 is 0 Å². The van der Waals surface area contributed by atoms with Gasteiger partial charge in [-0.05, 0) is 51.7 Å². The zero-order valence-corrected chi connectivity index (χ0v) is 12.8. The van der Waals surface area contributed by atoms with Gasteiger partial charge in [0.25, 0.3) is 0 Å². The second-order valence-electron chi connectivity index (χ2n) is 6.29. The van der Waals surface area contributed by atoms with E-state index in [1.807, 2.05) is 0 Å². The number of carbonyl (C=O) groups is 1. The first-order valence-corrected chi connectivity index (χ1v) is 8.57. The highest BCUT2D eigenvalue weighted by Gasteiger charge is 2.14. The highest BCUT2D eigenvalue weighted by molar-refractivity contribution is 5.75. The summed E-state index contributed by atoms with van der Waals surface area (Å²) in [6.45, 7) is 5.38. The van der Waals surface area contributed by atoms with Gasteiger partial charge in [-0.3, -0.25) is 4.79 Å². The van der Waals surface area contributed by atoms with E-state index in [-0.39, 0.29) is 5.91 Å². The van der Waals surface area contributed by atoms with Crippen molar-refractivity contribution in [3.8, 4) is 0 Å². The van der Waals surface area contributed by atoms with Crippen LogP contribution in [0.4, 0.5) is 0 Å². The second-order valence-corrected chi connectivity index (χ2v) is 6.29. The van der Waals surface area contributed by atoms with Crippen LogP contribution < -0.4 is 10.6 Å². The van der Waals surface area contributed by atoms with Crippen LogP contribution in [0.3, 0.4) is 0 Å². The fourth-order valence-electron chi connectivity index (χ4n) is 3.28. The molecule has 4 nitrogen and oxygen atoms in total. The Bertz CT molecular complexity index is 269. The van der Waals surface area contributed by atoms with Crippen molar-refractivity contribution in [1.82, 2.24) is 15.5 Å². The van der Waals surface area contributed by atoms with Crippen LogP contribution >= 0.6 is 0 Å².